The fourth-order valence-electron chi connectivity index (χ4n) is 3.12. The summed E-state index contributed by atoms with van der Waals surface area (Å²) in [6, 6.07) is -1.16. The molecule has 0 aromatic carbocycles. The van der Waals surface area contributed by atoms with Crippen molar-refractivity contribution in [1.29, 1.82) is 0 Å². The van der Waals surface area contributed by atoms with E-state index in [9.17, 15) is 14.4 Å². The van der Waals surface area contributed by atoms with Gasteiger partial charge in [0, 0.05) is 6.42 Å². The molecule has 1 amide bonds. The lowest BCUT2D eigenvalue weighted by molar-refractivity contribution is -0.168. The van der Waals surface area contributed by atoms with E-state index >= 15 is 0 Å². The van der Waals surface area contributed by atoms with Gasteiger partial charge in [0.25, 0.3) is 0 Å². The van der Waals surface area contributed by atoms with Gasteiger partial charge in [-0.15, -0.1) is 0 Å². The van der Waals surface area contributed by atoms with E-state index in [1.165, 1.54) is 11.0 Å². The Morgan fingerprint density at radius 3 is 2.10 bits per heavy atom. The van der Waals surface area contributed by atoms with Crippen LogP contribution < -0.4 is 0 Å². The lowest BCUT2D eigenvalue weighted by Gasteiger charge is -2.45. The number of β-lactam (4-membered cyclic amide) rings is 1. The van der Waals surface area contributed by atoms with Crippen molar-refractivity contribution in [2.45, 2.75) is 88.8 Å². The second kappa shape index (κ2) is 9.90. The average molecular weight is 488 g/mol. The van der Waals surface area contributed by atoms with Crippen LogP contribution in [-0.2, 0) is 28.0 Å². The standard InChI is InChI=1S/C21H37NO6SSi2/c1-10-11-26-18(24)15-19(25)29-17-13(16(23)22(15)17)12-14(27-30(8)20(2,3)4)28-31(9)21(5,6)7/h10,13-15,17,30-31H,1,11-12H2,2-9H3/t13-,14?,15?,17?,30?,31?/m0/s1. The topological polar surface area (TPSA) is 82.1 Å². The first-order valence-corrected chi connectivity index (χ1v) is 16.1. The number of fused-ring (bicyclic) bond motifs is 1. The Morgan fingerprint density at radius 2 is 1.65 bits per heavy atom. The van der Waals surface area contributed by atoms with Gasteiger partial charge in [-0.25, -0.2) is 4.79 Å². The molecule has 0 bridgehead atoms. The molecule has 2 fully saturated rings. The van der Waals surface area contributed by atoms with Gasteiger partial charge in [-0.2, -0.15) is 0 Å². The molecule has 10 heteroatoms. The van der Waals surface area contributed by atoms with Gasteiger partial charge in [0.05, 0.1) is 11.3 Å². The summed E-state index contributed by atoms with van der Waals surface area (Å²) in [6.07, 6.45) is 1.36. The van der Waals surface area contributed by atoms with Crippen LogP contribution in [0.4, 0.5) is 0 Å². The molecule has 0 aromatic heterocycles. The number of hydrogen-bond acceptors (Lipinski definition) is 7. The average Bonchev–Trinajstić information content (AvgIpc) is 2.95. The highest BCUT2D eigenvalue weighted by Crippen LogP contribution is 2.47. The molecular weight excluding hydrogens is 450 g/mol. The van der Waals surface area contributed by atoms with Crippen LogP contribution in [0.2, 0.25) is 23.2 Å². The van der Waals surface area contributed by atoms with Crippen LogP contribution in [0.5, 0.6) is 0 Å². The smallest absolute Gasteiger partial charge is 0.338 e. The van der Waals surface area contributed by atoms with Gasteiger partial charge < -0.3 is 18.5 Å². The predicted molar refractivity (Wildman–Crippen MR) is 128 cm³/mol. The first kappa shape index (κ1) is 26.3. The summed E-state index contributed by atoms with van der Waals surface area (Å²) < 4.78 is 17.9. The molecule has 2 saturated heterocycles. The summed E-state index contributed by atoms with van der Waals surface area (Å²) >= 11 is 1.04. The Bertz CT molecular complexity index is 698. The van der Waals surface area contributed by atoms with Crippen molar-refractivity contribution in [2.24, 2.45) is 5.92 Å². The molecule has 0 saturated carbocycles. The molecule has 31 heavy (non-hydrogen) atoms. The maximum atomic E-state index is 12.9. The largest absolute Gasteiger partial charge is 0.460 e. The van der Waals surface area contributed by atoms with Gasteiger partial charge in [0.15, 0.2) is 24.1 Å². The molecule has 2 aliphatic rings. The highest BCUT2D eigenvalue weighted by atomic mass is 32.2. The van der Waals surface area contributed by atoms with Crippen LogP contribution in [-0.4, -0.2) is 64.3 Å². The number of thioether (sulfide) groups is 1. The lowest BCUT2D eigenvalue weighted by Crippen LogP contribution is -2.62. The normalized spacial score (nSPS) is 26.7. The van der Waals surface area contributed by atoms with Crippen LogP contribution in [0.3, 0.4) is 0 Å². The first-order valence-electron chi connectivity index (χ1n) is 10.8. The van der Waals surface area contributed by atoms with Gasteiger partial charge >= 0.3 is 5.97 Å². The van der Waals surface area contributed by atoms with E-state index in [1.807, 2.05) is 0 Å². The quantitative estimate of drug-likeness (QED) is 0.123. The van der Waals surface area contributed by atoms with Crippen molar-refractivity contribution in [2.75, 3.05) is 6.61 Å². The molecule has 4 unspecified atom stereocenters. The highest BCUT2D eigenvalue weighted by Gasteiger charge is 2.61. The second-order valence-electron chi connectivity index (χ2n) is 10.5. The number of carbonyl (C=O) groups excluding carboxylic acids is 3. The summed E-state index contributed by atoms with van der Waals surface area (Å²) in [5.41, 5.74) is 0. The van der Waals surface area contributed by atoms with Crippen molar-refractivity contribution in [1.82, 2.24) is 4.90 Å². The Morgan fingerprint density at radius 1 is 1.13 bits per heavy atom. The van der Waals surface area contributed by atoms with Crippen LogP contribution >= 0.6 is 11.8 Å². The van der Waals surface area contributed by atoms with Gasteiger partial charge in [0.1, 0.15) is 12.9 Å². The van der Waals surface area contributed by atoms with Crippen molar-refractivity contribution < 1.29 is 28.0 Å². The molecule has 5 atom stereocenters. The van der Waals surface area contributed by atoms with E-state index in [0.29, 0.717) is 6.42 Å². The summed E-state index contributed by atoms with van der Waals surface area (Å²) in [5.74, 6) is -1.31. The van der Waals surface area contributed by atoms with E-state index in [-0.39, 0.29) is 33.1 Å². The van der Waals surface area contributed by atoms with Crippen molar-refractivity contribution in [3.8, 4) is 0 Å². The van der Waals surface area contributed by atoms with E-state index in [4.69, 9.17) is 13.6 Å². The number of ether oxygens (including phenoxy) is 1. The third-order valence-corrected chi connectivity index (χ3v) is 13.6. The first-order chi connectivity index (χ1) is 14.2. The molecular formula is C21H37NO6SSi2. The number of carbonyl (C=O) groups is 3. The van der Waals surface area contributed by atoms with Gasteiger partial charge in [-0.1, -0.05) is 66.0 Å². The number of hydrogen-bond donors (Lipinski definition) is 0. The minimum absolute atomic E-state index is 0.0117. The molecule has 0 aromatic rings. The molecule has 0 N–H and O–H groups in total. The van der Waals surface area contributed by atoms with E-state index in [0.717, 1.165) is 11.8 Å². The Kier molecular flexibility index (Phi) is 8.40. The fraction of sp³-hybridized carbons (Fsp3) is 0.762. The summed E-state index contributed by atoms with van der Waals surface area (Å²) in [5, 5.41) is -0.596. The van der Waals surface area contributed by atoms with Gasteiger partial charge in [-0.3, -0.25) is 9.59 Å². The van der Waals surface area contributed by atoms with E-state index < -0.39 is 42.3 Å². The molecule has 2 heterocycles. The van der Waals surface area contributed by atoms with Crippen molar-refractivity contribution in [3.63, 3.8) is 0 Å². The minimum Gasteiger partial charge on any atom is -0.460 e. The van der Waals surface area contributed by atoms with Crippen LogP contribution in [0.1, 0.15) is 48.0 Å². The zero-order chi connectivity index (χ0) is 23.7. The van der Waals surface area contributed by atoms with Gasteiger partial charge in [-0.05, 0) is 23.2 Å². The van der Waals surface area contributed by atoms with E-state index in [1.54, 1.807) is 0 Å². The van der Waals surface area contributed by atoms with Crippen molar-refractivity contribution in [3.05, 3.63) is 12.7 Å². The number of rotatable bonds is 9. The summed E-state index contributed by atoms with van der Waals surface area (Å²) in [7, 11) is -3.19. The SMILES string of the molecule is C=CCOC(=O)C1C(=O)SC2[C@@H](CC(O[SiH](C)C(C)(C)C)O[SiH](C)C(C)(C)C)C(=O)N12. The van der Waals surface area contributed by atoms with Crippen LogP contribution in [0.25, 0.3) is 0 Å². The molecule has 176 valence electrons. The fourth-order valence-corrected chi connectivity index (χ4v) is 6.64. The number of amides is 1. The third kappa shape index (κ3) is 6.10. The maximum Gasteiger partial charge on any atom is 0.338 e. The van der Waals surface area contributed by atoms with E-state index in [2.05, 4.69) is 61.2 Å². The molecule has 0 spiro atoms. The minimum atomic E-state index is -1.60. The molecule has 2 rings (SSSR count). The maximum absolute atomic E-state index is 12.9. The predicted octanol–water partition coefficient (Wildman–Crippen LogP) is 3.20. The Balaban J connectivity index is 2.12. The number of nitrogens with zero attached hydrogens (tertiary/aromatic N) is 1. The zero-order valence-corrected chi connectivity index (χ0v) is 23.1. The number of esters is 1. The molecule has 0 aliphatic carbocycles. The highest BCUT2D eigenvalue weighted by molar-refractivity contribution is 8.14. The second-order valence-corrected chi connectivity index (χ2v) is 18.2. The molecule has 7 nitrogen and oxygen atoms in total. The molecule has 0 radical (unpaired) electrons. The van der Waals surface area contributed by atoms with Crippen molar-refractivity contribution >= 4 is 46.8 Å². The van der Waals surface area contributed by atoms with Gasteiger partial charge in [0.2, 0.25) is 11.0 Å². The van der Waals surface area contributed by atoms with Crippen LogP contribution in [0.15, 0.2) is 12.7 Å². The third-order valence-electron chi connectivity index (χ3n) is 6.09. The zero-order valence-electron chi connectivity index (χ0n) is 20.0. The lowest BCUT2D eigenvalue weighted by atomic mass is 9.92. The Hall–Kier alpha value is -0.946. The van der Waals surface area contributed by atoms with Crippen LogP contribution in [0, 0.1) is 5.92 Å². The summed E-state index contributed by atoms with van der Waals surface area (Å²) in [6.45, 7) is 20.8. The monoisotopic (exact) mass is 487 g/mol. The molecule has 2 aliphatic heterocycles. The Labute approximate surface area is 193 Å². The summed E-state index contributed by atoms with van der Waals surface area (Å²) in [4.78, 5) is 39.0.